The Morgan fingerprint density at radius 1 is 1.55 bits per heavy atom. The first-order valence-electron chi connectivity index (χ1n) is 7.07. The van der Waals surface area contributed by atoms with Crippen LogP contribution in [-0.4, -0.2) is 60.0 Å². The lowest BCUT2D eigenvalue weighted by Crippen LogP contribution is -2.37. The lowest BCUT2D eigenvalue weighted by Gasteiger charge is -2.32. The number of amides is 1. The molecule has 1 aromatic heterocycles. The number of aromatic nitrogens is 2. The number of aromatic amines is 1. The molecule has 6 nitrogen and oxygen atoms in total. The zero-order valence-corrected chi connectivity index (χ0v) is 12.0. The normalized spacial score (nSPS) is 20.2. The van der Waals surface area contributed by atoms with Crippen LogP contribution in [0.1, 0.15) is 34.9 Å². The summed E-state index contributed by atoms with van der Waals surface area (Å²) < 4.78 is 40.6. The number of rotatable bonds is 6. The first-order valence-corrected chi connectivity index (χ1v) is 7.07. The molecule has 3 N–H and O–H groups in total. The topological polar surface area (TPSA) is 84.2 Å². The van der Waals surface area contributed by atoms with Crippen LogP contribution in [0, 0.1) is 0 Å². The van der Waals surface area contributed by atoms with Gasteiger partial charge >= 0.3 is 6.18 Å². The number of nitrogens with two attached hydrogens (primary N) is 1. The summed E-state index contributed by atoms with van der Waals surface area (Å²) in [6.45, 7) is 0.788. The second-order valence-corrected chi connectivity index (χ2v) is 5.38. The first-order chi connectivity index (χ1) is 10.3. The van der Waals surface area contributed by atoms with Crippen molar-refractivity contribution in [2.45, 2.75) is 24.9 Å². The van der Waals surface area contributed by atoms with Gasteiger partial charge in [-0.05, 0) is 25.5 Å². The van der Waals surface area contributed by atoms with Crippen LogP contribution < -0.4 is 5.73 Å². The van der Waals surface area contributed by atoms with E-state index in [1.165, 1.54) is 0 Å². The third-order valence-corrected chi connectivity index (χ3v) is 3.61. The van der Waals surface area contributed by atoms with E-state index in [0.717, 1.165) is 25.1 Å². The van der Waals surface area contributed by atoms with Gasteiger partial charge in [0.05, 0.1) is 6.61 Å². The number of ether oxygens (including phenoxy) is 1. The van der Waals surface area contributed by atoms with E-state index in [1.807, 2.05) is 0 Å². The Morgan fingerprint density at radius 2 is 2.32 bits per heavy atom. The van der Waals surface area contributed by atoms with Crippen LogP contribution in [0.2, 0.25) is 0 Å². The van der Waals surface area contributed by atoms with Crippen LogP contribution in [-0.2, 0) is 4.74 Å². The number of halogens is 3. The number of hydrogen-bond acceptors (Lipinski definition) is 4. The summed E-state index contributed by atoms with van der Waals surface area (Å²) in [4.78, 5) is 13.1. The van der Waals surface area contributed by atoms with Gasteiger partial charge in [0.1, 0.15) is 12.3 Å². The number of alkyl halides is 3. The number of carbonyl (C=O) groups excluding carboxylic acids is 1. The fourth-order valence-corrected chi connectivity index (χ4v) is 2.57. The standard InChI is InChI=1S/C13H19F3N4O2/c14-13(15,16)8-22-5-4-20-3-1-2-9(7-20)10-6-11(12(17)21)19-18-10/h6,9H,1-5,7-8H2,(H2,17,21)(H,18,19)/t9-/m0/s1. The highest BCUT2D eigenvalue weighted by molar-refractivity contribution is 5.90. The van der Waals surface area contributed by atoms with Crippen molar-refractivity contribution in [2.75, 3.05) is 32.8 Å². The summed E-state index contributed by atoms with van der Waals surface area (Å²) >= 11 is 0. The molecule has 0 aliphatic carbocycles. The van der Waals surface area contributed by atoms with E-state index in [0.29, 0.717) is 13.1 Å². The maximum atomic E-state index is 12.0. The van der Waals surface area contributed by atoms with Crippen molar-refractivity contribution in [2.24, 2.45) is 5.73 Å². The van der Waals surface area contributed by atoms with Gasteiger partial charge in [0.25, 0.3) is 5.91 Å². The maximum Gasteiger partial charge on any atom is 0.411 e. The van der Waals surface area contributed by atoms with Gasteiger partial charge in [0.15, 0.2) is 0 Å². The number of hydrogen-bond donors (Lipinski definition) is 2. The Hall–Kier alpha value is -1.61. The number of carbonyl (C=O) groups is 1. The molecule has 0 bridgehead atoms. The highest BCUT2D eigenvalue weighted by Gasteiger charge is 2.28. The summed E-state index contributed by atoms with van der Waals surface area (Å²) in [5.41, 5.74) is 6.18. The van der Waals surface area contributed by atoms with Crippen molar-refractivity contribution in [1.82, 2.24) is 15.1 Å². The molecular formula is C13H19F3N4O2. The van der Waals surface area contributed by atoms with E-state index in [4.69, 9.17) is 5.73 Å². The summed E-state index contributed by atoms with van der Waals surface area (Å²) in [7, 11) is 0. The van der Waals surface area contributed by atoms with Crippen LogP contribution in [0.15, 0.2) is 6.07 Å². The molecule has 1 aromatic rings. The zero-order chi connectivity index (χ0) is 16.2. The third kappa shape index (κ3) is 4.99. The molecule has 1 saturated heterocycles. The molecule has 2 heterocycles. The van der Waals surface area contributed by atoms with Crippen LogP contribution in [0.4, 0.5) is 13.2 Å². The molecule has 1 atom stereocenters. The molecular weight excluding hydrogens is 301 g/mol. The molecule has 0 radical (unpaired) electrons. The van der Waals surface area contributed by atoms with E-state index < -0.39 is 18.7 Å². The number of nitrogens with zero attached hydrogens (tertiary/aromatic N) is 2. The molecule has 0 spiro atoms. The van der Waals surface area contributed by atoms with Crippen molar-refractivity contribution < 1.29 is 22.7 Å². The van der Waals surface area contributed by atoms with Crippen LogP contribution in [0.5, 0.6) is 0 Å². The smallest absolute Gasteiger partial charge is 0.371 e. The predicted octanol–water partition coefficient (Wildman–Crippen LogP) is 1.27. The van der Waals surface area contributed by atoms with E-state index in [1.54, 1.807) is 6.07 Å². The van der Waals surface area contributed by atoms with E-state index in [-0.39, 0.29) is 18.2 Å². The second-order valence-electron chi connectivity index (χ2n) is 5.38. The lowest BCUT2D eigenvalue weighted by molar-refractivity contribution is -0.174. The summed E-state index contributed by atoms with van der Waals surface area (Å²) in [5, 5.41) is 6.66. The van der Waals surface area contributed by atoms with Gasteiger partial charge in [0.2, 0.25) is 0 Å². The van der Waals surface area contributed by atoms with E-state index in [2.05, 4.69) is 19.8 Å². The van der Waals surface area contributed by atoms with Crippen LogP contribution in [0.3, 0.4) is 0 Å². The summed E-state index contributed by atoms with van der Waals surface area (Å²) in [5.74, 6) is -0.423. The highest BCUT2D eigenvalue weighted by Crippen LogP contribution is 2.25. The lowest BCUT2D eigenvalue weighted by atomic mass is 9.94. The zero-order valence-electron chi connectivity index (χ0n) is 12.0. The molecule has 0 saturated carbocycles. The van der Waals surface area contributed by atoms with Gasteiger partial charge in [-0.25, -0.2) is 0 Å². The average Bonchev–Trinajstić information content (AvgIpc) is 2.93. The molecule has 1 amide bonds. The van der Waals surface area contributed by atoms with Crippen molar-refractivity contribution in [3.8, 4) is 0 Å². The van der Waals surface area contributed by atoms with Gasteiger partial charge < -0.3 is 15.4 Å². The third-order valence-electron chi connectivity index (χ3n) is 3.61. The second kappa shape index (κ2) is 7.10. The van der Waals surface area contributed by atoms with Crippen molar-refractivity contribution >= 4 is 5.91 Å². The fraction of sp³-hybridized carbons (Fsp3) is 0.692. The maximum absolute atomic E-state index is 12.0. The Labute approximate surface area is 125 Å². The van der Waals surface area contributed by atoms with Gasteiger partial charge in [-0.3, -0.25) is 9.89 Å². The molecule has 124 valence electrons. The SMILES string of the molecule is NC(=O)c1cc([C@H]2CCCN(CCOCC(F)(F)F)C2)[nH]n1. The van der Waals surface area contributed by atoms with Gasteiger partial charge in [-0.15, -0.1) is 0 Å². The molecule has 0 unspecified atom stereocenters. The molecule has 0 aromatic carbocycles. The molecule has 1 aliphatic rings. The molecule has 22 heavy (non-hydrogen) atoms. The van der Waals surface area contributed by atoms with Crippen molar-refractivity contribution in [3.63, 3.8) is 0 Å². The number of primary amides is 1. The van der Waals surface area contributed by atoms with Gasteiger partial charge in [-0.2, -0.15) is 18.3 Å². The minimum Gasteiger partial charge on any atom is -0.371 e. The van der Waals surface area contributed by atoms with Crippen LogP contribution >= 0.6 is 0 Å². The molecule has 1 aliphatic heterocycles. The van der Waals surface area contributed by atoms with Crippen molar-refractivity contribution in [3.05, 3.63) is 17.5 Å². The number of piperidine rings is 1. The predicted molar refractivity (Wildman–Crippen MR) is 72.4 cm³/mol. The molecule has 2 rings (SSSR count). The van der Waals surface area contributed by atoms with Crippen molar-refractivity contribution in [1.29, 1.82) is 0 Å². The largest absolute Gasteiger partial charge is 0.411 e. The Bertz CT molecular complexity index is 504. The fourth-order valence-electron chi connectivity index (χ4n) is 2.57. The van der Waals surface area contributed by atoms with Gasteiger partial charge in [0, 0.05) is 24.7 Å². The van der Waals surface area contributed by atoms with E-state index in [9.17, 15) is 18.0 Å². The Morgan fingerprint density at radius 3 is 2.95 bits per heavy atom. The van der Waals surface area contributed by atoms with E-state index >= 15 is 0 Å². The molecule has 1 fully saturated rings. The number of likely N-dealkylation sites (tertiary alicyclic amines) is 1. The number of nitrogens with one attached hydrogen (secondary N) is 1. The summed E-state index contributed by atoms with van der Waals surface area (Å²) in [6, 6.07) is 1.64. The minimum absolute atomic E-state index is 0.0434. The van der Waals surface area contributed by atoms with Gasteiger partial charge in [-0.1, -0.05) is 0 Å². The Kier molecular flexibility index (Phi) is 5.41. The Balaban J connectivity index is 1.80. The minimum atomic E-state index is -4.29. The molecule has 9 heteroatoms. The number of H-pyrrole nitrogens is 1. The monoisotopic (exact) mass is 320 g/mol. The summed E-state index contributed by atoms with van der Waals surface area (Å²) in [6.07, 6.45) is -2.43. The highest BCUT2D eigenvalue weighted by atomic mass is 19.4. The average molecular weight is 320 g/mol. The van der Waals surface area contributed by atoms with Crippen LogP contribution in [0.25, 0.3) is 0 Å². The quantitative estimate of drug-likeness (QED) is 0.773. The first kappa shape index (κ1) is 16.8.